The van der Waals surface area contributed by atoms with Crippen LogP contribution in [-0.2, 0) is 42.2 Å². The summed E-state index contributed by atoms with van der Waals surface area (Å²) < 4.78 is 39.5. The van der Waals surface area contributed by atoms with Gasteiger partial charge in [-0.05, 0) is 109 Å². The molecule has 0 bridgehead atoms. The molecule has 3 atom stereocenters. The molecule has 0 spiro atoms. The van der Waals surface area contributed by atoms with Gasteiger partial charge in [0.15, 0.2) is 6.10 Å². The summed E-state index contributed by atoms with van der Waals surface area (Å²) in [5.74, 6) is -1.49. The zero-order valence-electron chi connectivity index (χ0n) is 47.3. The highest BCUT2D eigenvalue weighted by atomic mass is 31.2. The lowest BCUT2D eigenvalue weighted by Crippen LogP contribution is -2.30. The fourth-order valence-corrected chi connectivity index (χ4v) is 8.77. The van der Waals surface area contributed by atoms with E-state index in [0.717, 1.165) is 122 Å². The zero-order chi connectivity index (χ0) is 54.1. The van der Waals surface area contributed by atoms with E-state index in [9.17, 15) is 28.9 Å². The second-order valence-electron chi connectivity index (χ2n) is 19.8. The minimum atomic E-state index is -4.76. The molecule has 0 radical (unpaired) electrons. The predicted molar refractivity (Wildman–Crippen MR) is 307 cm³/mol. The van der Waals surface area contributed by atoms with Crippen LogP contribution < -0.4 is 0 Å². The number of esters is 3. The van der Waals surface area contributed by atoms with Crippen LogP contribution in [0.2, 0.25) is 0 Å². The maximum absolute atomic E-state index is 12.9. The summed E-state index contributed by atoms with van der Waals surface area (Å²) in [6.07, 6.45) is 62.8. The zero-order valence-corrected chi connectivity index (χ0v) is 48.2. The number of allylic oxidation sites excluding steroid dienone is 12. The molecule has 0 aromatic carbocycles. The number of carbonyl (C=O) groups excluding carboxylic acids is 3. The van der Waals surface area contributed by atoms with Crippen LogP contribution in [0, 0.1) is 0 Å². The van der Waals surface area contributed by atoms with Crippen molar-refractivity contribution >= 4 is 25.7 Å². The quantitative estimate of drug-likeness (QED) is 0.0197. The third kappa shape index (κ3) is 53.7. The summed E-state index contributed by atoms with van der Waals surface area (Å²) in [7, 11) is -4.76. The summed E-state index contributed by atoms with van der Waals surface area (Å²) in [6, 6.07) is 0. The van der Waals surface area contributed by atoms with Crippen LogP contribution in [0.4, 0.5) is 0 Å². The molecule has 3 unspecified atom stereocenters. The van der Waals surface area contributed by atoms with Gasteiger partial charge in [0, 0.05) is 19.3 Å². The first-order valence-electron chi connectivity index (χ1n) is 29.8. The molecule has 0 saturated heterocycles. The van der Waals surface area contributed by atoms with Gasteiger partial charge in [0.2, 0.25) is 0 Å². The maximum Gasteiger partial charge on any atom is 0.472 e. The van der Waals surface area contributed by atoms with Gasteiger partial charge in [0.05, 0.1) is 19.8 Å². The van der Waals surface area contributed by atoms with E-state index in [4.69, 9.17) is 23.3 Å². The van der Waals surface area contributed by atoms with Crippen molar-refractivity contribution in [3.05, 3.63) is 72.9 Å². The summed E-state index contributed by atoms with van der Waals surface area (Å²) in [6.45, 7) is 4.51. The Morgan fingerprint density at radius 2 is 0.689 bits per heavy atom. The number of phosphoric acid groups is 1. The lowest BCUT2D eigenvalue weighted by molar-refractivity contribution is -0.161. The van der Waals surface area contributed by atoms with E-state index in [1.54, 1.807) is 0 Å². The average Bonchev–Trinajstić information content (AvgIpc) is 3.39. The number of unbranched alkanes of at least 4 members (excludes halogenated alkanes) is 26. The Labute approximate surface area is 452 Å². The lowest BCUT2D eigenvalue weighted by atomic mass is 10.1. The van der Waals surface area contributed by atoms with Crippen LogP contribution in [0.1, 0.15) is 265 Å². The number of hydrogen-bond acceptors (Lipinski definition) is 10. The number of rotatable bonds is 55. The second-order valence-corrected chi connectivity index (χ2v) is 21.3. The first kappa shape index (κ1) is 70.9. The Balaban J connectivity index is 4.75. The number of hydrogen-bond donors (Lipinski definition) is 2. The van der Waals surface area contributed by atoms with Crippen molar-refractivity contribution in [1.29, 1.82) is 0 Å². The molecule has 428 valence electrons. The van der Waals surface area contributed by atoms with Crippen molar-refractivity contribution in [2.24, 2.45) is 0 Å². The fraction of sp³-hybridized carbons (Fsp3) is 0.758. The Morgan fingerprint density at radius 1 is 0.378 bits per heavy atom. The van der Waals surface area contributed by atoms with Gasteiger partial charge in [-0.25, -0.2) is 4.57 Å². The highest BCUT2D eigenvalue weighted by Crippen LogP contribution is 2.43. The van der Waals surface area contributed by atoms with Crippen LogP contribution in [0.15, 0.2) is 72.9 Å². The molecule has 0 rings (SSSR count). The molecule has 0 heterocycles. The van der Waals surface area contributed by atoms with E-state index in [-0.39, 0.29) is 25.9 Å². The molecule has 0 aliphatic rings. The lowest BCUT2D eigenvalue weighted by Gasteiger charge is -2.21. The minimum Gasteiger partial charge on any atom is -0.462 e. The topological polar surface area (TPSA) is 155 Å². The summed E-state index contributed by atoms with van der Waals surface area (Å²) in [4.78, 5) is 48.6. The van der Waals surface area contributed by atoms with Crippen molar-refractivity contribution in [2.45, 2.75) is 277 Å². The Hall–Kier alpha value is -3.08. The largest absolute Gasteiger partial charge is 0.472 e. The third-order valence-electron chi connectivity index (χ3n) is 12.6. The molecule has 0 aromatic rings. The maximum atomic E-state index is 12.9. The Bertz CT molecular complexity index is 1520. The van der Waals surface area contributed by atoms with Gasteiger partial charge in [-0.15, -0.1) is 0 Å². The number of aliphatic hydroxyl groups excluding tert-OH is 1. The molecule has 0 amide bonds. The molecule has 0 aromatic heterocycles. The van der Waals surface area contributed by atoms with E-state index in [0.29, 0.717) is 19.3 Å². The van der Waals surface area contributed by atoms with Gasteiger partial charge >= 0.3 is 25.7 Å². The van der Waals surface area contributed by atoms with Crippen LogP contribution in [-0.4, -0.2) is 66.5 Å². The van der Waals surface area contributed by atoms with E-state index in [1.807, 2.05) is 0 Å². The number of carbonyl (C=O) groups is 3. The van der Waals surface area contributed by atoms with Gasteiger partial charge in [-0.3, -0.25) is 23.4 Å². The normalized spacial score (nSPS) is 13.9. The first-order chi connectivity index (χ1) is 36.2. The number of aliphatic hydroxyl groups is 1. The average molecular weight is 1060 g/mol. The SMILES string of the molecule is CCC/C=C\C/C=C\CCCCCCCC(=O)OC(CO)COP(=O)(O)OCC(COC(=O)CCCCCCC/C=C\C/C=C\CCCCC)OC(=O)CCCCCCCCCCC/C=C\C/C=C\CCCCC. The second kappa shape index (κ2) is 56.1. The van der Waals surface area contributed by atoms with E-state index < -0.39 is 57.8 Å². The van der Waals surface area contributed by atoms with Gasteiger partial charge < -0.3 is 24.2 Å². The van der Waals surface area contributed by atoms with Crippen molar-refractivity contribution in [1.82, 2.24) is 0 Å². The van der Waals surface area contributed by atoms with Crippen molar-refractivity contribution in [3.63, 3.8) is 0 Å². The molecule has 74 heavy (non-hydrogen) atoms. The van der Waals surface area contributed by atoms with Crippen molar-refractivity contribution < 1.29 is 52.2 Å². The summed E-state index contributed by atoms with van der Waals surface area (Å²) >= 11 is 0. The van der Waals surface area contributed by atoms with Gasteiger partial charge in [-0.2, -0.15) is 0 Å². The monoisotopic (exact) mass is 1060 g/mol. The van der Waals surface area contributed by atoms with E-state index in [2.05, 4.69) is 93.7 Å². The molecule has 0 saturated carbocycles. The fourth-order valence-electron chi connectivity index (χ4n) is 7.98. The van der Waals surface area contributed by atoms with Crippen molar-refractivity contribution in [2.75, 3.05) is 26.4 Å². The van der Waals surface area contributed by atoms with Crippen molar-refractivity contribution in [3.8, 4) is 0 Å². The van der Waals surface area contributed by atoms with Crippen LogP contribution in [0.25, 0.3) is 0 Å². The Morgan fingerprint density at radius 3 is 1.05 bits per heavy atom. The molecule has 11 nitrogen and oxygen atoms in total. The molecular formula is C62H109O11P. The van der Waals surface area contributed by atoms with E-state index in [1.165, 1.54) is 83.5 Å². The molecule has 2 N–H and O–H groups in total. The molecule has 0 aliphatic carbocycles. The Kier molecular flexibility index (Phi) is 53.8. The molecule has 12 heteroatoms. The highest BCUT2D eigenvalue weighted by Gasteiger charge is 2.28. The first-order valence-corrected chi connectivity index (χ1v) is 31.3. The smallest absolute Gasteiger partial charge is 0.462 e. The molecule has 0 fully saturated rings. The third-order valence-corrected chi connectivity index (χ3v) is 13.5. The molecular weight excluding hydrogens is 952 g/mol. The van der Waals surface area contributed by atoms with Crippen LogP contribution in [0.5, 0.6) is 0 Å². The number of ether oxygens (including phenoxy) is 3. The predicted octanol–water partition coefficient (Wildman–Crippen LogP) is 17.7. The summed E-state index contributed by atoms with van der Waals surface area (Å²) in [5, 5.41) is 9.81. The van der Waals surface area contributed by atoms with Gasteiger partial charge in [0.25, 0.3) is 0 Å². The highest BCUT2D eigenvalue weighted by molar-refractivity contribution is 7.47. The summed E-state index contributed by atoms with van der Waals surface area (Å²) in [5.41, 5.74) is 0. The van der Waals surface area contributed by atoms with Gasteiger partial charge in [-0.1, -0.05) is 209 Å². The standard InChI is InChI=1S/C62H109O11P/c1-4-7-10-13-16-19-22-25-27-28-29-30-32-35-38-41-44-47-50-53-62(66)73-59(55-69-60(64)51-48-45-42-39-36-34-31-26-23-20-17-14-11-8-5-2)57-71-74(67,68)70-56-58(54-63)72-61(65)52-49-46-43-40-37-33-24-21-18-15-12-9-6-3/h12,15-17,19-21,24-27,31,58-59,63H,4-11,13-14,18,22-23,28-30,32-57H2,1-3H3,(H,67,68)/b15-12-,19-16-,20-17-,24-21-,27-25-,31-26-. The van der Waals surface area contributed by atoms with E-state index >= 15 is 0 Å². The number of phosphoric ester groups is 1. The van der Waals surface area contributed by atoms with Crippen LogP contribution in [0.3, 0.4) is 0 Å². The minimum absolute atomic E-state index is 0.157. The molecule has 0 aliphatic heterocycles. The van der Waals surface area contributed by atoms with Gasteiger partial charge in [0.1, 0.15) is 12.7 Å². The van der Waals surface area contributed by atoms with Crippen LogP contribution >= 0.6 is 7.82 Å².